The molecule has 0 amide bonds. The van der Waals surface area contributed by atoms with Crippen molar-refractivity contribution in [2.45, 2.75) is 20.8 Å². The van der Waals surface area contributed by atoms with Gasteiger partial charge in [0.25, 0.3) is 0 Å². The Hall–Kier alpha value is -2.29. The number of fused-ring (bicyclic) bond motifs is 1. The van der Waals surface area contributed by atoms with Crippen molar-refractivity contribution < 1.29 is 4.42 Å². The van der Waals surface area contributed by atoms with Gasteiger partial charge in [0, 0.05) is 0 Å². The number of aryl methyl sites for hydroxylation is 1. The molecule has 0 unspecified atom stereocenters. The van der Waals surface area contributed by atoms with Crippen molar-refractivity contribution in [3.05, 3.63) is 64.6 Å². The molecule has 3 nitrogen and oxygen atoms in total. The normalized spacial score (nSPS) is 10.1. The molecule has 3 rings (SSSR count). The van der Waals surface area contributed by atoms with Crippen molar-refractivity contribution in [1.82, 2.24) is 4.57 Å². The van der Waals surface area contributed by atoms with E-state index in [1.165, 1.54) is 0 Å². The predicted octanol–water partition coefficient (Wildman–Crippen LogP) is 3.92. The Morgan fingerprint density at radius 1 is 0.947 bits per heavy atom. The highest BCUT2D eigenvalue weighted by Gasteiger charge is 2.09. The van der Waals surface area contributed by atoms with Crippen LogP contribution in [0.5, 0.6) is 0 Å². The van der Waals surface area contributed by atoms with Gasteiger partial charge in [0.2, 0.25) is 0 Å². The standard InChI is InChI=1S/C14H11NO2.C2H6/c1-10-6-8-11(9-7-10)15-12-4-2-3-5-13(12)17-14(15)16;1-2/h2-9H,1H3;1-2H3. The molecule has 2 aromatic carbocycles. The average Bonchev–Trinajstić information content (AvgIpc) is 2.78. The largest absolute Gasteiger partial charge is 0.424 e. The summed E-state index contributed by atoms with van der Waals surface area (Å²) in [5.41, 5.74) is 3.39. The van der Waals surface area contributed by atoms with Crippen molar-refractivity contribution in [2.75, 3.05) is 0 Å². The molecule has 0 bridgehead atoms. The molecule has 3 aromatic rings. The van der Waals surface area contributed by atoms with Gasteiger partial charge in [-0.05, 0) is 31.2 Å². The number of aromatic nitrogens is 1. The Labute approximate surface area is 112 Å². The van der Waals surface area contributed by atoms with Gasteiger partial charge in [-0.3, -0.25) is 0 Å². The summed E-state index contributed by atoms with van der Waals surface area (Å²) in [6, 6.07) is 15.2. The molecule has 0 aliphatic rings. The molecule has 0 aliphatic carbocycles. The first kappa shape index (κ1) is 13.1. The Kier molecular flexibility index (Phi) is 3.85. The number of rotatable bonds is 1. The van der Waals surface area contributed by atoms with Crippen LogP contribution in [-0.2, 0) is 0 Å². The first-order valence-electron chi connectivity index (χ1n) is 6.43. The van der Waals surface area contributed by atoms with Gasteiger partial charge in [-0.2, -0.15) is 0 Å². The summed E-state index contributed by atoms with van der Waals surface area (Å²) < 4.78 is 6.77. The summed E-state index contributed by atoms with van der Waals surface area (Å²) in [7, 11) is 0. The SMILES string of the molecule is CC.Cc1ccc(-n2c(=O)oc3ccccc32)cc1. The molecule has 1 heterocycles. The van der Waals surface area contributed by atoms with Crippen LogP contribution >= 0.6 is 0 Å². The molecule has 19 heavy (non-hydrogen) atoms. The zero-order chi connectivity index (χ0) is 13.8. The molecule has 0 aliphatic heterocycles. The van der Waals surface area contributed by atoms with Crippen molar-refractivity contribution in [2.24, 2.45) is 0 Å². The van der Waals surface area contributed by atoms with E-state index < -0.39 is 0 Å². The fraction of sp³-hybridized carbons (Fsp3) is 0.188. The summed E-state index contributed by atoms with van der Waals surface area (Å²) in [6.07, 6.45) is 0. The van der Waals surface area contributed by atoms with E-state index in [0.29, 0.717) is 5.58 Å². The van der Waals surface area contributed by atoms with Gasteiger partial charge in [0.05, 0.1) is 11.2 Å². The van der Waals surface area contributed by atoms with Crippen LogP contribution in [-0.4, -0.2) is 4.57 Å². The lowest BCUT2D eigenvalue weighted by atomic mass is 10.2. The van der Waals surface area contributed by atoms with Gasteiger partial charge in [-0.25, -0.2) is 9.36 Å². The van der Waals surface area contributed by atoms with Crippen LogP contribution in [0.1, 0.15) is 19.4 Å². The van der Waals surface area contributed by atoms with Crippen LogP contribution in [0.4, 0.5) is 0 Å². The van der Waals surface area contributed by atoms with E-state index in [1.54, 1.807) is 10.6 Å². The number of para-hydroxylation sites is 2. The molecule has 0 saturated heterocycles. The summed E-state index contributed by atoms with van der Waals surface area (Å²) in [6.45, 7) is 6.01. The number of hydrogen-bond acceptors (Lipinski definition) is 2. The quantitative estimate of drug-likeness (QED) is 0.660. The Morgan fingerprint density at radius 2 is 1.58 bits per heavy atom. The molecule has 0 saturated carbocycles. The monoisotopic (exact) mass is 255 g/mol. The van der Waals surface area contributed by atoms with Gasteiger partial charge in [-0.15, -0.1) is 0 Å². The van der Waals surface area contributed by atoms with E-state index in [2.05, 4.69) is 0 Å². The maximum atomic E-state index is 11.8. The smallest absolute Gasteiger partial charge is 0.407 e. The third kappa shape index (κ3) is 2.45. The van der Waals surface area contributed by atoms with Gasteiger partial charge in [-0.1, -0.05) is 43.7 Å². The van der Waals surface area contributed by atoms with Crippen molar-refractivity contribution in [3.63, 3.8) is 0 Å². The van der Waals surface area contributed by atoms with Gasteiger partial charge >= 0.3 is 5.76 Å². The summed E-state index contributed by atoms with van der Waals surface area (Å²) >= 11 is 0. The second-order valence-corrected chi connectivity index (χ2v) is 4.01. The second-order valence-electron chi connectivity index (χ2n) is 4.01. The van der Waals surface area contributed by atoms with E-state index in [-0.39, 0.29) is 5.76 Å². The highest BCUT2D eigenvalue weighted by atomic mass is 16.4. The molecule has 0 radical (unpaired) electrons. The molecule has 3 heteroatoms. The number of hydrogen-bond donors (Lipinski definition) is 0. The maximum absolute atomic E-state index is 11.8. The topological polar surface area (TPSA) is 35.1 Å². The Balaban J connectivity index is 0.000000637. The Bertz CT molecular complexity index is 720. The summed E-state index contributed by atoms with van der Waals surface area (Å²) in [5, 5.41) is 0. The highest BCUT2D eigenvalue weighted by molar-refractivity contribution is 5.74. The molecule has 0 N–H and O–H groups in total. The minimum absolute atomic E-state index is 0.352. The molecule has 0 spiro atoms. The zero-order valence-electron chi connectivity index (χ0n) is 11.4. The van der Waals surface area contributed by atoms with E-state index in [1.807, 2.05) is 63.2 Å². The van der Waals surface area contributed by atoms with Gasteiger partial charge in [0.1, 0.15) is 0 Å². The third-order valence-electron chi connectivity index (χ3n) is 2.78. The van der Waals surface area contributed by atoms with Gasteiger partial charge in [0.15, 0.2) is 5.58 Å². The first-order chi connectivity index (χ1) is 9.25. The lowest BCUT2D eigenvalue weighted by molar-refractivity contribution is 0.540. The lowest BCUT2D eigenvalue weighted by Crippen LogP contribution is -2.11. The first-order valence-corrected chi connectivity index (χ1v) is 6.43. The van der Waals surface area contributed by atoms with Crippen LogP contribution in [0.2, 0.25) is 0 Å². The predicted molar refractivity (Wildman–Crippen MR) is 77.9 cm³/mol. The number of benzene rings is 2. The molecular formula is C16H17NO2. The molecule has 1 aromatic heterocycles. The zero-order valence-corrected chi connectivity index (χ0v) is 11.4. The third-order valence-corrected chi connectivity index (χ3v) is 2.78. The van der Waals surface area contributed by atoms with E-state index in [0.717, 1.165) is 16.8 Å². The van der Waals surface area contributed by atoms with Crippen LogP contribution < -0.4 is 5.76 Å². The summed E-state index contributed by atoms with van der Waals surface area (Å²) in [4.78, 5) is 11.8. The molecule has 98 valence electrons. The highest BCUT2D eigenvalue weighted by Crippen LogP contribution is 2.17. The van der Waals surface area contributed by atoms with Crippen LogP contribution in [0.15, 0.2) is 57.7 Å². The van der Waals surface area contributed by atoms with Crippen LogP contribution in [0, 0.1) is 6.92 Å². The van der Waals surface area contributed by atoms with Crippen molar-refractivity contribution in [1.29, 1.82) is 0 Å². The molecule has 0 fully saturated rings. The van der Waals surface area contributed by atoms with Gasteiger partial charge < -0.3 is 4.42 Å². The second kappa shape index (κ2) is 5.57. The van der Waals surface area contributed by atoms with Crippen LogP contribution in [0.25, 0.3) is 16.8 Å². The maximum Gasteiger partial charge on any atom is 0.424 e. The van der Waals surface area contributed by atoms with E-state index in [9.17, 15) is 4.79 Å². The average molecular weight is 255 g/mol. The summed E-state index contributed by atoms with van der Waals surface area (Å²) in [5.74, 6) is -0.352. The molecular weight excluding hydrogens is 238 g/mol. The number of nitrogens with zero attached hydrogens (tertiary/aromatic N) is 1. The Morgan fingerprint density at radius 3 is 2.26 bits per heavy atom. The lowest BCUT2D eigenvalue weighted by Gasteiger charge is -2.01. The fourth-order valence-electron chi connectivity index (χ4n) is 1.90. The van der Waals surface area contributed by atoms with E-state index >= 15 is 0 Å². The van der Waals surface area contributed by atoms with E-state index in [4.69, 9.17) is 4.42 Å². The van der Waals surface area contributed by atoms with Crippen molar-refractivity contribution in [3.8, 4) is 5.69 Å². The van der Waals surface area contributed by atoms with Crippen LogP contribution in [0.3, 0.4) is 0 Å². The minimum atomic E-state index is -0.352. The molecule has 0 atom stereocenters. The van der Waals surface area contributed by atoms with Crippen molar-refractivity contribution >= 4 is 11.1 Å². The fourth-order valence-corrected chi connectivity index (χ4v) is 1.90. The minimum Gasteiger partial charge on any atom is -0.407 e. The number of oxazole rings is 1.